The molecule has 0 N–H and O–H groups in total. The molecule has 0 saturated carbocycles. The molecule has 0 radical (unpaired) electrons. The van der Waals surface area contributed by atoms with Gasteiger partial charge in [0.2, 0.25) is 0 Å². The van der Waals surface area contributed by atoms with Crippen LogP contribution in [0.5, 0.6) is 5.75 Å². The fraction of sp³-hybridized carbons (Fsp3) is 0.294. The molecule has 5 nitrogen and oxygen atoms in total. The molecule has 3 aromatic rings. The zero-order valence-electron chi connectivity index (χ0n) is 13.4. The highest BCUT2D eigenvalue weighted by Gasteiger charge is 2.10. The van der Waals surface area contributed by atoms with Crippen molar-refractivity contribution in [3.63, 3.8) is 0 Å². The standard InChI is InChI=1S/C17H19N3O2S/c1-12-4-5-15(22-3)13(8-12)10-19(2)11-14-9-16(21)20-6-7-23-17(20)18-14/h4-9H,10-11H2,1-3H3. The Bertz CT molecular complexity index is 885. The van der Waals surface area contributed by atoms with Gasteiger partial charge in [-0.25, -0.2) is 4.98 Å². The quantitative estimate of drug-likeness (QED) is 0.722. The summed E-state index contributed by atoms with van der Waals surface area (Å²) in [5.74, 6) is 0.879. The number of thiazole rings is 1. The second-order valence-electron chi connectivity index (χ2n) is 5.63. The Hall–Kier alpha value is -2.18. The van der Waals surface area contributed by atoms with Crippen molar-refractivity contribution >= 4 is 16.3 Å². The van der Waals surface area contributed by atoms with Crippen LogP contribution in [0.3, 0.4) is 0 Å². The number of nitrogens with zero attached hydrogens (tertiary/aromatic N) is 3. The second-order valence-corrected chi connectivity index (χ2v) is 6.50. The summed E-state index contributed by atoms with van der Waals surface area (Å²) in [6.45, 7) is 3.41. The van der Waals surface area contributed by atoms with Crippen LogP contribution in [0.4, 0.5) is 0 Å². The van der Waals surface area contributed by atoms with Crippen molar-refractivity contribution in [3.8, 4) is 5.75 Å². The minimum Gasteiger partial charge on any atom is -0.496 e. The zero-order chi connectivity index (χ0) is 16.4. The van der Waals surface area contributed by atoms with E-state index in [4.69, 9.17) is 4.74 Å². The van der Waals surface area contributed by atoms with Crippen LogP contribution in [0.2, 0.25) is 0 Å². The summed E-state index contributed by atoms with van der Waals surface area (Å²) in [6, 6.07) is 7.75. The van der Waals surface area contributed by atoms with Gasteiger partial charge in [-0.3, -0.25) is 14.1 Å². The van der Waals surface area contributed by atoms with Gasteiger partial charge in [0.05, 0.1) is 12.8 Å². The van der Waals surface area contributed by atoms with E-state index in [-0.39, 0.29) is 5.56 Å². The molecule has 6 heteroatoms. The summed E-state index contributed by atoms with van der Waals surface area (Å²) in [6.07, 6.45) is 1.75. The second kappa shape index (κ2) is 6.52. The van der Waals surface area contributed by atoms with E-state index in [9.17, 15) is 4.79 Å². The monoisotopic (exact) mass is 329 g/mol. The predicted molar refractivity (Wildman–Crippen MR) is 92.2 cm³/mol. The molecule has 0 aliphatic heterocycles. The van der Waals surface area contributed by atoms with Gasteiger partial charge in [-0.15, -0.1) is 11.3 Å². The molecule has 2 heterocycles. The van der Waals surface area contributed by atoms with E-state index in [1.165, 1.54) is 16.9 Å². The summed E-state index contributed by atoms with van der Waals surface area (Å²) in [5, 5.41) is 1.87. The number of benzene rings is 1. The number of hydrogen-bond donors (Lipinski definition) is 0. The van der Waals surface area contributed by atoms with Gasteiger partial charge in [-0.1, -0.05) is 17.7 Å². The van der Waals surface area contributed by atoms with Crippen LogP contribution in [0.25, 0.3) is 4.96 Å². The molecule has 0 spiro atoms. The van der Waals surface area contributed by atoms with E-state index in [0.29, 0.717) is 6.54 Å². The molecule has 3 rings (SSSR count). The number of methoxy groups -OCH3 is 1. The van der Waals surface area contributed by atoms with Crippen LogP contribution in [-0.4, -0.2) is 28.4 Å². The molecule has 1 aromatic carbocycles. The van der Waals surface area contributed by atoms with E-state index >= 15 is 0 Å². The maximum Gasteiger partial charge on any atom is 0.258 e. The first-order valence-electron chi connectivity index (χ1n) is 7.34. The van der Waals surface area contributed by atoms with Crippen LogP contribution in [-0.2, 0) is 13.1 Å². The van der Waals surface area contributed by atoms with Gasteiger partial charge in [0.25, 0.3) is 5.56 Å². The molecule has 0 aliphatic rings. The van der Waals surface area contributed by atoms with Crippen molar-refractivity contribution in [3.05, 3.63) is 63.0 Å². The maximum atomic E-state index is 12.0. The topological polar surface area (TPSA) is 46.8 Å². The summed E-state index contributed by atoms with van der Waals surface area (Å²) in [4.78, 5) is 19.4. The molecule has 0 fully saturated rings. The number of aromatic nitrogens is 2. The number of fused-ring (bicyclic) bond motifs is 1. The summed E-state index contributed by atoms with van der Waals surface area (Å²) < 4.78 is 6.99. The fourth-order valence-corrected chi connectivity index (χ4v) is 3.36. The Morgan fingerprint density at radius 3 is 2.91 bits per heavy atom. The minimum absolute atomic E-state index is 0.0345. The van der Waals surface area contributed by atoms with E-state index in [1.807, 2.05) is 24.6 Å². The lowest BCUT2D eigenvalue weighted by atomic mass is 10.1. The van der Waals surface area contributed by atoms with Gasteiger partial charge >= 0.3 is 0 Å². The van der Waals surface area contributed by atoms with Crippen LogP contribution in [0, 0.1) is 6.92 Å². The average molecular weight is 329 g/mol. The number of aryl methyl sites for hydroxylation is 1. The molecular formula is C17H19N3O2S. The van der Waals surface area contributed by atoms with Crippen LogP contribution in [0.1, 0.15) is 16.8 Å². The fourth-order valence-electron chi connectivity index (χ4n) is 2.62. The molecule has 120 valence electrons. The smallest absolute Gasteiger partial charge is 0.258 e. The van der Waals surface area contributed by atoms with Crippen molar-refractivity contribution in [2.45, 2.75) is 20.0 Å². The van der Waals surface area contributed by atoms with Gasteiger partial charge in [0.15, 0.2) is 4.96 Å². The molecule has 0 bridgehead atoms. The van der Waals surface area contributed by atoms with Crippen molar-refractivity contribution in [1.82, 2.24) is 14.3 Å². The van der Waals surface area contributed by atoms with E-state index < -0.39 is 0 Å². The lowest BCUT2D eigenvalue weighted by molar-refractivity contribution is 0.306. The van der Waals surface area contributed by atoms with Crippen molar-refractivity contribution in [2.24, 2.45) is 0 Å². The number of rotatable bonds is 5. The Labute approximate surface area is 138 Å². The largest absolute Gasteiger partial charge is 0.496 e. The van der Waals surface area contributed by atoms with E-state index in [1.54, 1.807) is 23.8 Å². The molecule has 23 heavy (non-hydrogen) atoms. The van der Waals surface area contributed by atoms with Crippen molar-refractivity contribution in [2.75, 3.05) is 14.2 Å². The highest BCUT2D eigenvalue weighted by atomic mass is 32.1. The van der Waals surface area contributed by atoms with Crippen molar-refractivity contribution in [1.29, 1.82) is 0 Å². The van der Waals surface area contributed by atoms with E-state index in [2.05, 4.69) is 22.9 Å². The van der Waals surface area contributed by atoms with E-state index in [0.717, 1.165) is 28.5 Å². The summed E-state index contributed by atoms with van der Waals surface area (Å²) in [5.41, 5.74) is 3.08. The predicted octanol–water partition coefficient (Wildman–Crippen LogP) is 2.71. The molecule has 0 unspecified atom stereocenters. The first kappa shape index (κ1) is 15.7. The van der Waals surface area contributed by atoms with Crippen LogP contribution < -0.4 is 10.3 Å². The van der Waals surface area contributed by atoms with Gasteiger partial charge in [0, 0.05) is 36.3 Å². The molecule has 0 atom stereocenters. The third-order valence-electron chi connectivity index (χ3n) is 3.66. The molecule has 0 amide bonds. The Morgan fingerprint density at radius 1 is 1.30 bits per heavy atom. The molecule has 0 saturated heterocycles. The number of ether oxygens (including phenoxy) is 1. The Morgan fingerprint density at radius 2 is 2.13 bits per heavy atom. The maximum absolute atomic E-state index is 12.0. The van der Waals surface area contributed by atoms with Gasteiger partial charge in [0.1, 0.15) is 5.75 Å². The summed E-state index contributed by atoms with van der Waals surface area (Å²) >= 11 is 1.47. The lowest BCUT2D eigenvalue weighted by Crippen LogP contribution is -2.21. The normalized spacial score (nSPS) is 11.3. The van der Waals surface area contributed by atoms with Gasteiger partial charge in [-0.2, -0.15) is 0 Å². The average Bonchev–Trinajstić information content (AvgIpc) is 2.96. The van der Waals surface area contributed by atoms with Gasteiger partial charge < -0.3 is 4.74 Å². The van der Waals surface area contributed by atoms with Gasteiger partial charge in [-0.05, 0) is 20.0 Å². The highest BCUT2D eigenvalue weighted by Crippen LogP contribution is 2.21. The summed E-state index contributed by atoms with van der Waals surface area (Å²) in [7, 11) is 3.70. The number of hydrogen-bond acceptors (Lipinski definition) is 5. The first-order valence-corrected chi connectivity index (χ1v) is 8.22. The zero-order valence-corrected chi connectivity index (χ0v) is 14.3. The van der Waals surface area contributed by atoms with Crippen LogP contribution >= 0.6 is 11.3 Å². The van der Waals surface area contributed by atoms with Crippen LogP contribution in [0.15, 0.2) is 40.6 Å². The Kier molecular flexibility index (Phi) is 4.45. The third kappa shape index (κ3) is 3.43. The minimum atomic E-state index is -0.0345. The third-order valence-corrected chi connectivity index (χ3v) is 4.42. The first-order chi connectivity index (χ1) is 11.1. The molecular weight excluding hydrogens is 310 g/mol. The Balaban J connectivity index is 1.79. The molecule has 0 aliphatic carbocycles. The SMILES string of the molecule is COc1ccc(C)cc1CN(C)Cc1cc(=O)n2ccsc2n1. The highest BCUT2D eigenvalue weighted by molar-refractivity contribution is 7.15. The lowest BCUT2D eigenvalue weighted by Gasteiger charge is -2.18. The molecule has 2 aromatic heterocycles. The van der Waals surface area contributed by atoms with Crippen molar-refractivity contribution < 1.29 is 4.74 Å².